The van der Waals surface area contributed by atoms with Gasteiger partial charge in [0.2, 0.25) is 11.8 Å². The molecule has 2 amide bonds. The number of nitrogens with two attached hydrogens (primary N) is 2. The highest BCUT2D eigenvalue weighted by molar-refractivity contribution is 5.82. The Kier molecular flexibility index (Phi) is 5.87. The summed E-state index contributed by atoms with van der Waals surface area (Å²) < 4.78 is 0. The van der Waals surface area contributed by atoms with Crippen LogP contribution in [-0.4, -0.2) is 23.9 Å². The molecule has 0 fully saturated rings. The second-order valence-electron chi connectivity index (χ2n) is 3.48. The van der Waals surface area contributed by atoms with E-state index in [1.165, 1.54) is 0 Å². The van der Waals surface area contributed by atoms with Crippen molar-refractivity contribution in [3.8, 4) is 0 Å². The average molecular weight is 201 g/mol. The number of nitrogens with one attached hydrogen (secondary N) is 1. The van der Waals surface area contributed by atoms with Gasteiger partial charge < -0.3 is 16.8 Å². The molecule has 0 saturated heterocycles. The van der Waals surface area contributed by atoms with Gasteiger partial charge in [-0.25, -0.2) is 0 Å². The summed E-state index contributed by atoms with van der Waals surface area (Å²) >= 11 is 0. The van der Waals surface area contributed by atoms with Gasteiger partial charge in [0.1, 0.15) is 0 Å². The van der Waals surface area contributed by atoms with Gasteiger partial charge in [0.15, 0.2) is 0 Å². The van der Waals surface area contributed by atoms with E-state index in [9.17, 15) is 9.59 Å². The maximum Gasteiger partial charge on any atom is 0.237 e. The topological polar surface area (TPSA) is 98.2 Å². The fraction of sp³-hybridized carbons (Fsp3) is 0.778. The van der Waals surface area contributed by atoms with E-state index in [1.54, 1.807) is 6.92 Å². The standard InChI is InChI=1S/C9H19N3O2/c1-3-4-7(10)9(14)12-6(2)5-8(11)13/h6-7H,3-5,10H2,1-2H3,(H2,11,13)(H,12,14). The molecule has 0 bridgehead atoms. The minimum atomic E-state index is -0.490. The largest absolute Gasteiger partial charge is 0.370 e. The van der Waals surface area contributed by atoms with E-state index in [2.05, 4.69) is 5.32 Å². The van der Waals surface area contributed by atoms with Crippen LogP contribution in [0.15, 0.2) is 0 Å². The Bertz CT molecular complexity index is 206. The van der Waals surface area contributed by atoms with Gasteiger partial charge in [-0.3, -0.25) is 9.59 Å². The van der Waals surface area contributed by atoms with Crippen LogP contribution in [0.25, 0.3) is 0 Å². The number of primary amides is 1. The fourth-order valence-electron chi connectivity index (χ4n) is 1.14. The number of carbonyl (C=O) groups excluding carboxylic acids is 2. The summed E-state index contributed by atoms with van der Waals surface area (Å²) in [5.41, 5.74) is 10.6. The van der Waals surface area contributed by atoms with Crippen molar-refractivity contribution in [2.45, 2.75) is 45.2 Å². The van der Waals surface area contributed by atoms with E-state index >= 15 is 0 Å². The fourth-order valence-corrected chi connectivity index (χ4v) is 1.14. The second kappa shape index (κ2) is 6.37. The third-order valence-corrected chi connectivity index (χ3v) is 1.83. The van der Waals surface area contributed by atoms with E-state index in [0.717, 1.165) is 6.42 Å². The van der Waals surface area contributed by atoms with Gasteiger partial charge in [-0.15, -0.1) is 0 Å². The highest BCUT2D eigenvalue weighted by Gasteiger charge is 2.15. The molecule has 0 heterocycles. The van der Waals surface area contributed by atoms with Gasteiger partial charge in [-0.05, 0) is 13.3 Å². The molecule has 0 rings (SSSR count). The minimum absolute atomic E-state index is 0.143. The lowest BCUT2D eigenvalue weighted by Gasteiger charge is -2.15. The quantitative estimate of drug-likeness (QED) is 0.540. The van der Waals surface area contributed by atoms with Gasteiger partial charge in [0.25, 0.3) is 0 Å². The zero-order valence-electron chi connectivity index (χ0n) is 8.75. The molecular weight excluding hydrogens is 182 g/mol. The summed E-state index contributed by atoms with van der Waals surface area (Å²) in [5, 5.41) is 2.63. The molecule has 14 heavy (non-hydrogen) atoms. The van der Waals surface area contributed by atoms with Crippen LogP contribution in [0.3, 0.4) is 0 Å². The van der Waals surface area contributed by atoms with Crippen molar-refractivity contribution in [1.29, 1.82) is 0 Å². The van der Waals surface area contributed by atoms with Crippen molar-refractivity contribution in [2.75, 3.05) is 0 Å². The Morgan fingerprint density at radius 2 is 2.00 bits per heavy atom. The summed E-state index contributed by atoms with van der Waals surface area (Å²) in [5.74, 6) is -0.650. The molecule has 0 saturated carbocycles. The normalized spacial score (nSPS) is 14.5. The Morgan fingerprint density at radius 3 is 2.43 bits per heavy atom. The third-order valence-electron chi connectivity index (χ3n) is 1.83. The molecule has 5 heteroatoms. The first-order valence-corrected chi connectivity index (χ1v) is 4.81. The number of amides is 2. The number of hydrogen-bond acceptors (Lipinski definition) is 3. The smallest absolute Gasteiger partial charge is 0.237 e. The molecule has 0 aromatic heterocycles. The summed E-state index contributed by atoms with van der Waals surface area (Å²) in [6.07, 6.45) is 1.65. The molecule has 0 aliphatic rings. The Labute approximate surface area is 84.2 Å². The third kappa shape index (κ3) is 5.53. The lowest BCUT2D eigenvalue weighted by molar-refractivity contribution is -0.123. The first-order valence-electron chi connectivity index (χ1n) is 4.81. The van der Waals surface area contributed by atoms with Crippen LogP contribution in [0.4, 0.5) is 0 Å². The van der Waals surface area contributed by atoms with Crippen molar-refractivity contribution in [1.82, 2.24) is 5.32 Å². The predicted octanol–water partition coefficient (Wildman–Crippen LogP) is -0.506. The summed E-state index contributed by atoms with van der Waals surface area (Å²) in [7, 11) is 0. The minimum Gasteiger partial charge on any atom is -0.370 e. The Hall–Kier alpha value is -1.10. The van der Waals surface area contributed by atoms with Gasteiger partial charge in [-0.2, -0.15) is 0 Å². The van der Waals surface area contributed by atoms with Crippen molar-refractivity contribution in [3.63, 3.8) is 0 Å². The van der Waals surface area contributed by atoms with E-state index in [4.69, 9.17) is 11.5 Å². The van der Waals surface area contributed by atoms with Crippen LogP contribution in [0.2, 0.25) is 0 Å². The monoisotopic (exact) mass is 201 g/mol. The average Bonchev–Trinajstić information content (AvgIpc) is 2.02. The molecule has 0 aliphatic carbocycles. The molecule has 0 aromatic rings. The first kappa shape index (κ1) is 12.9. The van der Waals surface area contributed by atoms with Gasteiger partial charge in [0, 0.05) is 12.5 Å². The van der Waals surface area contributed by atoms with E-state index in [0.29, 0.717) is 6.42 Å². The molecule has 0 aliphatic heterocycles. The van der Waals surface area contributed by atoms with E-state index < -0.39 is 11.9 Å². The number of carbonyl (C=O) groups is 2. The molecular formula is C9H19N3O2. The molecule has 5 N–H and O–H groups in total. The van der Waals surface area contributed by atoms with Gasteiger partial charge in [-0.1, -0.05) is 13.3 Å². The predicted molar refractivity (Wildman–Crippen MR) is 54.3 cm³/mol. The zero-order valence-corrected chi connectivity index (χ0v) is 8.75. The number of hydrogen-bond donors (Lipinski definition) is 3. The van der Waals surface area contributed by atoms with Gasteiger partial charge >= 0.3 is 0 Å². The van der Waals surface area contributed by atoms with Crippen LogP contribution in [0.5, 0.6) is 0 Å². The van der Waals surface area contributed by atoms with Crippen LogP contribution >= 0.6 is 0 Å². The van der Waals surface area contributed by atoms with Crippen molar-refractivity contribution in [3.05, 3.63) is 0 Å². The van der Waals surface area contributed by atoms with Crippen LogP contribution < -0.4 is 16.8 Å². The summed E-state index contributed by atoms with van der Waals surface area (Å²) in [4.78, 5) is 21.9. The van der Waals surface area contributed by atoms with Crippen molar-refractivity contribution >= 4 is 11.8 Å². The van der Waals surface area contributed by atoms with Crippen molar-refractivity contribution < 1.29 is 9.59 Å². The molecule has 0 radical (unpaired) electrons. The molecule has 5 nitrogen and oxygen atoms in total. The molecule has 2 atom stereocenters. The maximum absolute atomic E-state index is 11.3. The maximum atomic E-state index is 11.3. The van der Waals surface area contributed by atoms with Crippen molar-refractivity contribution in [2.24, 2.45) is 11.5 Å². The number of rotatable bonds is 6. The molecule has 0 spiro atoms. The zero-order chi connectivity index (χ0) is 11.1. The Balaban J connectivity index is 3.86. The highest BCUT2D eigenvalue weighted by Crippen LogP contribution is 1.95. The lowest BCUT2D eigenvalue weighted by Crippen LogP contribution is -2.45. The van der Waals surface area contributed by atoms with Crippen LogP contribution in [0, 0.1) is 0 Å². The highest BCUT2D eigenvalue weighted by atomic mass is 16.2. The SMILES string of the molecule is CCCC(N)C(=O)NC(C)CC(N)=O. The van der Waals surface area contributed by atoms with E-state index in [1.807, 2.05) is 6.92 Å². The van der Waals surface area contributed by atoms with Crippen LogP contribution in [0.1, 0.15) is 33.1 Å². The first-order chi connectivity index (χ1) is 6.47. The summed E-state index contributed by atoms with van der Waals surface area (Å²) in [6, 6.07) is -0.738. The van der Waals surface area contributed by atoms with Gasteiger partial charge in [0.05, 0.1) is 6.04 Å². The molecule has 82 valence electrons. The second-order valence-corrected chi connectivity index (χ2v) is 3.48. The van der Waals surface area contributed by atoms with E-state index in [-0.39, 0.29) is 18.4 Å². The lowest BCUT2D eigenvalue weighted by atomic mass is 10.1. The summed E-state index contributed by atoms with van der Waals surface area (Å²) in [6.45, 7) is 3.68. The molecule has 0 aromatic carbocycles. The van der Waals surface area contributed by atoms with Crippen LogP contribution in [-0.2, 0) is 9.59 Å². The molecule has 2 unspecified atom stereocenters. The Morgan fingerprint density at radius 1 is 1.43 bits per heavy atom.